The van der Waals surface area contributed by atoms with Crippen LogP contribution in [0.2, 0.25) is 5.15 Å². The highest BCUT2D eigenvalue weighted by Gasteiger charge is 2.27. The van der Waals surface area contributed by atoms with Gasteiger partial charge in [0, 0.05) is 12.1 Å². The highest BCUT2D eigenvalue weighted by molar-refractivity contribution is 6.29. The van der Waals surface area contributed by atoms with Gasteiger partial charge in [-0.2, -0.15) is 9.97 Å². The number of fused-ring (bicyclic) bond motifs is 1. The molecule has 1 aromatic carbocycles. The molecular formula is C23H26ClF2N5O3. The van der Waals surface area contributed by atoms with Gasteiger partial charge in [-0.25, -0.2) is 18.6 Å². The number of carbonyl (C=O) groups is 1. The lowest BCUT2D eigenvalue weighted by molar-refractivity contribution is 0.0467. The zero-order chi connectivity index (χ0) is 24.5. The Morgan fingerprint density at radius 3 is 2.53 bits per heavy atom. The Morgan fingerprint density at radius 2 is 1.85 bits per heavy atom. The normalized spacial score (nSPS) is 18.8. The van der Waals surface area contributed by atoms with Crippen molar-refractivity contribution < 1.29 is 23.0 Å². The zero-order valence-corrected chi connectivity index (χ0v) is 19.9. The zero-order valence-electron chi connectivity index (χ0n) is 19.1. The van der Waals surface area contributed by atoms with Crippen molar-refractivity contribution in [1.82, 2.24) is 24.8 Å². The van der Waals surface area contributed by atoms with Gasteiger partial charge in [0.25, 0.3) is 6.43 Å². The van der Waals surface area contributed by atoms with E-state index < -0.39 is 23.9 Å². The number of halogens is 3. The van der Waals surface area contributed by atoms with Crippen LogP contribution < -0.4 is 10.1 Å². The van der Waals surface area contributed by atoms with Gasteiger partial charge in [0.1, 0.15) is 22.7 Å². The Bertz CT molecular complexity index is 1170. The van der Waals surface area contributed by atoms with E-state index in [2.05, 4.69) is 20.3 Å². The monoisotopic (exact) mass is 493 g/mol. The van der Waals surface area contributed by atoms with Gasteiger partial charge in [0.05, 0.1) is 11.0 Å². The van der Waals surface area contributed by atoms with Crippen LogP contribution in [0.3, 0.4) is 0 Å². The maximum absolute atomic E-state index is 13.7. The summed E-state index contributed by atoms with van der Waals surface area (Å²) in [6.45, 7) is 5.44. The number of ether oxygens (including phenoxy) is 2. The van der Waals surface area contributed by atoms with Crippen LogP contribution in [-0.4, -0.2) is 43.4 Å². The Labute approximate surface area is 200 Å². The molecule has 2 aromatic heterocycles. The molecule has 1 aliphatic carbocycles. The number of alkyl carbamates (subject to hydrolysis) is 1. The fourth-order valence-corrected chi connectivity index (χ4v) is 4.10. The number of alkyl halides is 2. The number of rotatable bonds is 5. The summed E-state index contributed by atoms with van der Waals surface area (Å²) in [5.74, 6) is -0.282. The van der Waals surface area contributed by atoms with Crippen molar-refractivity contribution in [3.05, 3.63) is 41.3 Å². The Kier molecular flexibility index (Phi) is 6.88. The van der Waals surface area contributed by atoms with E-state index in [-0.39, 0.29) is 29.1 Å². The van der Waals surface area contributed by atoms with Crippen molar-refractivity contribution in [2.24, 2.45) is 0 Å². The maximum atomic E-state index is 13.7. The third-order valence-corrected chi connectivity index (χ3v) is 5.53. The highest BCUT2D eigenvalue weighted by Crippen LogP contribution is 2.29. The van der Waals surface area contributed by atoms with Gasteiger partial charge in [-0.3, -0.25) is 4.57 Å². The Hall–Kier alpha value is -3.01. The van der Waals surface area contributed by atoms with Gasteiger partial charge in [0.2, 0.25) is 0 Å². The molecule has 0 bridgehead atoms. The second-order valence-electron chi connectivity index (χ2n) is 9.16. The summed E-state index contributed by atoms with van der Waals surface area (Å²) in [4.78, 5) is 24.5. The molecule has 11 heteroatoms. The first-order valence-corrected chi connectivity index (χ1v) is 11.4. The number of nitrogens with one attached hydrogen (secondary N) is 1. The number of nitrogens with zero attached hydrogens (tertiary/aromatic N) is 4. The third-order valence-electron chi connectivity index (χ3n) is 5.34. The largest absolute Gasteiger partial charge is 0.460 e. The van der Waals surface area contributed by atoms with Crippen LogP contribution in [0.5, 0.6) is 6.01 Å². The fourth-order valence-electron chi connectivity index (χ4n) is 3.93. The third kappa shape index (κ3) is 5.72. The lowest BCUT2D eigenvalue weighted by Crippen LogP contribution is -2.42. The number of hydrogen-bond acceptors (Lipinski definition) is 6. The molecule has 1 aliphatic rings. The predicted molar refractivity (Wildman–Crippen MR) is 123 cm³/mol. The summed E-state index contributed by atoms with van der Waals surface area (Å²) < 4.78 is 39.9. The summed E-state index contributed by atoms with van der Waals surface area (Å²) >= 11 is 6.19. The van der Waals surface area contributed by atoms with Gasteiger partial charge in [-0.05, 0) is 58.6 Å². The molecule has 1 saturated carbocycles. The standard InChI is InChI=1S/C23H26ClF2N5O3/c1-23(2,3)34-22(32)27-13-8-10-14(11-9-13)33-21-29-17(24)12-18(30-21)31-16-7-5-4-6-15(16)28-20(31)19(25)26/h4-7,12-14,19H,8-11H2,1-3H3,(H,27,32). The number of imidazole rings is 1. The van der Waals surface area contributed by atoms with Gasteiger partial charge in [-0.15, -0.1) is 0 Å². The molecule has 1 fully saturated rings. The number of hydrogen-bond donors (Lipinski definition) is 1. The van der Waals surface area contributed by atoms with Gasteiger partial charge in [-0.1, -0.05) is 23.7 Å². The second-order valence-corrected chi connectivity index (χ2v) is 9.55. The van der Waals surface area contributed by atoms with Crippen LogP contribution >= 0.6 is 11.6 Å². The quantitative estimate of drug-likeness (QED) is 0.464. The molecule has 0 aliphatic heterocycles. The summed E-state index contributed by atoms with van der Waals surface area (Å²) in [5.41, 5.74) is 0.342. The van der Waals surface area contributed by atoms with Crippen molar-refractivity contribution in [2.75, 3.05) is 0 Å². The average molecular weight is 494 g/mol. The summed E-state index contributed by atoms with van der Waals surface area (Å²) in [6.07, 6.45) is -0.750. The molecule has 0 atom stereocenters. The molecule has 4 rings (SSSR count). The summed E-state index contributed by atoms with van der Waals surface area (Å²) in [7, 11) is 0. The molecule has 182 valence electrons. The van der Waals surface area contributed by atoms with Gasteiger partial charge < -0.3 is 14.8 Å². The van der Waals surface area contributed by atoms with E-state index in [9.17, 15) is 13.6 Å². The first-order valence-electron chi connectivity index (χ1n) is 11.1. The molecule has 1 amide bonds. The number of benzene rings is 1. The average Bonchev–Trinajstić information content (AvgIpc) is 3.13. The Balaban J connectivity index is 1.47. The molecule has 0 spiro atoms. The SMILES string of the molecule is CC(C)(C)OC(=O)NC1CCC(Oc2nc(Cl)cc(-n3c(C(F)F)nc4ccccc43)n2)CC1. The first kappa shape index (κ1) is 24.1. The van der Waals surface area contributed by atoms with Crippen molar-refractivity contribution in [3.63, 3.8) is 0 Å². The summed E-state index contributed by atoms with van der Waals surface area (Å²) in [6, 6.07) is 8.19. The molecule has 2 heterocycles. The molecule has 1 N–H and O–H groups in total. The van der Waals surface area contributed by atoms with Crippen LogP contribution in [0.1, 0.15) is 58.7 Å². The maximum Gasteiger partial charge on any atom is 0.407 e. The van der Waals surface area contributed by atoms with Crippen LogP contribution in [0.25, 0.3) is 16.9 Å². The lowest BCUT2D eigenvalue weighted by atomic mass is 9.93. The van der Waals surface area contributed by atoms with Crippen molar-refractivity contribution in [1.29, 1.82) is 0 Å². The minimum Gasteiger partial charge on any atom is -0.460 e. The van der Waals surface area contributed by atoms with Crippen LogP contribution in [0.15, 0.2) is 30.3 Å². The van der Waals surface area contributed by atoms with Gasteiger partial charge in [0.15, 0.2) is 5.82 Å². The van der Waals surface area contributed by atoms with E-state index in [0.29, 0.717) is 36.7 Å². The van der Waals surface area contributed by atoms with Crippen molar-refractivity contribution in [2.45, 2.75) is 70.6 Å². The minimum atomic E-state index is -2.81. The van der Waals surface area contributed by atoms with E-state index in [1.165, 1.54) is 10.6 Å². The molecule has 0 unspecified atom stereocenters. The first-order chi connectivity index (χ1) is 16.1. The molecular weight excluding hydrogens is 468 g/mol. The smallest absolute Gasteiger partial charge is 0.407 e. The number of carbonyl (C=O) groups excluding carboxylic acids is 1. The molecule has 3 aromatic rings. The van der Waals surface area contributed by atoms with Crippen LogP contribution in [0.4, 0.5) is 13.6 Å². The van der Waals surface area contributed by atoms with E-state index >= 15 is 0 Å². The van der Waals surface area contributed by atoms with Crippen molar-refractivity contribution in [3.8, 4) is 11.8 Å². The van der Waals surface area contributed by atoms with Crippen LogP contribution in [0, 0.1) is 0 Å². The Morgan fingerprint density at radius 1 is 1.15 bits per heavy atom. The number of amides is 1. The molecule has 0 radical (unpaired) electrons. The van der Waals surface area contributed by atoms with E-state index in [4.69, 9.17) is 21.1 Å². The van der Waals surface area contributed by atoms with E-state index in [0.717, 1.165) is 0 Å². The fraction of sp³-hybridized carbons (Fsp3) is 0.478. The molecule has 8 nitrogen and oxygen atoms in total. The second kappa shape index (κ2) is 9.69. The van der Waals surface area contributed by atoms with Crippen molar-refractivity contribution >= 4 is 28.7 Å². The van der Waals surface area contributed by atoms with E-state index in [1.807, 2.05) is 20.8 Å². The highest BCUT2D eigenvalue weighted by atomic mass is 35.5. The predicted octanol–water partition coefficient (Wildman–Crippen LogP) is 5.62. The number of aromatic nitrogens is 4. The lowest BCUT2D eigenvalue weighted by Gasteiger charge is -2.29. The number of para-hydroxylation sites is 2. The topological polar surface area (TPSA) is 91.2 Å². The summed E-state index contributed by atoms with van der Waals surface area (Å²) in [5, 5.41) is 2.95. The van der Waals surface area contributed by atoms with E-state index in [1.54, 1.807) is 24.3 Å². The van der Waals surface area contributed by atoms with Crippen LogP contribution in [-0.2, 0) is 4.74 Å². The van der Waals surface area contributed by atoms with Gasteiger partial charge >= 0.3 is 12.1 Å². The molecule has 34 heavy (non-hydrogen) atoms. The minimum absolute atomic E-state index is 0.00375. The molecule has 0 saturated heterocycles.